The van der Waals surface area contributed by atoms with Gasteiger partial charge in [0, 0.05) is 0 Å². The van der Waals surface area contributed by atoms with Crippen molar-refractivity contribution >= 4 is 11.1 Å². The molecule has 0 amide bonds. The number of hydrogen-bond acceptors (Lipinski definition) is 2. The lowest BCUT2D eigenvalue weighted by Gasteiger charge is -1.79. The van der Waals surface area contributed by atoms with Gasteiger partial charge in [0.2, 0.25) is 0 Å². The maximum absolute atomic E-state index is 5.01. The first kappa shape index (κ1) is 17.1. The lowest BCUT2D eigenvalue weighted by molar-refractivity contribution is 0.602. The Hall–Kier alpha value is -1.31. The largest absolute Gasteiger partial charge is 0.443 e. The Morgan fingerprint density at radius 2 is 1.50 bits per heavy atom. The van der Waals surface area contributed by atoms with Gasteiger partial charge in [0.25, 0.3) is 0 Å². The second kappa shape index (κ2) is 13.7. The van der Waals surface area contributed by atoms with E-state index in [-0.39, 0.29) is 0 Å². The van der Waals surface area contributed by atoms with Crippen LogP contribution in [0.4, 0.5) is 0 Å². The molecule has 0 aliphatic heterocycles. The lowest BCUT2D eigenvalue weighted by atomic mass is 10.3. The molecular formula is C14H25NO. The normalized spacial score (nSPS) is 7.62. The Morgan fingerprint density at radius 1 is 1.00 bits per heavy atom. The average Bonchev–Trinajstić information content (AvgIpc) is 2.83. The molecular weight excluding hydrogens is 198 g/mol. The van der Waals surface area contributed by atoms with Gasteiger partial charge < -0.3 is 4.42 Å². The zero-order valence-electron chi connectivity index (χ0n) is 11.4. The second-order valence-electron chi connectivity index (χ2n) is 2.53. The summed E-state index contributed by atoms with van der Waals surface area (Å²) in [5.41, 5.74) is 1.76. The summed E-state index contributed by atoms with van der Waals surface area (Å²) in [6, 6.07) is 7.67. The first-order valence-corrected chi connectivity index (χ1v) is 6.16. The number of fused-ring (bicyclic) bond motifs is 1. The van der Waals surface area contributed by atoms with Gasteiger partial charge in [0.15, 0.2) is 12.0 Å². The molecule has 92 valence electrons. The van der Waals surface area contributed by atoms with Gasteiger partial charge in [0.1, 0.15) is 5.52 Å². The molecule has 0 atom stereocenters. The van der Waals surface area contributed by atoms with E-state index in [0.717, 1.165) is 11.1 Å². The van der Waals surface area contributed by atoms with Crippen molar-refractivity contribution in [3.05, 3.63) is 30.7 Å². The summed E-state index contributed by atoms with van der Waals surface area (Å²) in [4.78, 5) is 3.95. The van der Waals surface area contributed by atoms with Crippen molar-refractivity contribution in [3.63, 3.8) is 0 Å². The number of oxazole rings is 1. The molecule has 0 spiro atoms. The van der Waals surface area contributed by atoms with Crippen LogP contribution in [0.1, 0.15) is 48.0 Å². The number of hydrogen-bond donors (Lipinski definition) is 0. The number of aromatic nitrogens is 1. The Kier molecular flexibility index (Phi) is 14.6. The number of nitrogens with zero attached hydrogens (tertiary/aromatic N) is 1. The van der Waals surface area contributed by atoms with Crippen LogP contribution in [-0.4, -0.2) is 4.98 Å². The molecule has 0 aliphatic rings. The summed E-state index contributed by atoms with van der Waals surface area (Å²) in [6.45, 7) is 12.2. The molecule has 0 N–H and O–H groups in total. The minimum Gasteiger partial charge on any atom is -0.443 e. The van der Waals surface area contributed by atoms with Crippen molar-refractivity contribution in [2.45, 2.75) is 48.0 Å². The summed E-state index contributed by atoms with van der Waals surface area (Å²) in [5.74, 6) is 0. The maximum atomic E-state index is 5.01. The van der Waals surface area contributed by atoms with Crippen LogP contribution in [0.2, 0.25) is 0 Å². The van der Waals surface area contributed by atoms with E-state index >= 15 is 0 Å². The molecule has 2 heteroatoms. The summed E-state index contributed by atoms with van der Waals surface area (Å²) in [6.07, 6.45) is 2.70. The van der Waals surface area contributed by atoms with Crippen molar-refractivity contribution in [3.8, 4) is 0 Å². The molecule has 2 aromatic rings. The van der Waals surface area contributed by atoms with Crippen LogP contribution in [-0.2, 0) is 0 Å². The zero-order chi connectivity index (χ0) is 12.8. The van der Waals surface area contributed by atoms with Gasteiger partial charge in [-0.1, -0.05) is 60.1 Å². The van der Waals surface area contributed by atoms with Gasteiger partial charge in [-0.15, -0.1) is 0 Å². The highest BCUT2D eigenvalue weighted by molar-refractivity contribution is 5.71. The molecule has 0 saturated carbocycles. The number of benzene rings is 1. The molecule has 0 unspecified atom stereocenters. The Labute approximate surface area is 99.7 Å². The highest BCUT2D eigenvalue weighted by Crippen LogP contribution is 2.09. The van der Waals surface area contributed by atoms with Crippen LogP contribution in [0.15, 0.2) is 35.1 Å². The van der Waals surface area contributed by atoms with Crippen molar-refractivity contribution in [1.82, 2.24) is 4.98 Å². The fourth-order valence-electron chi connectivity index (χ4n) is 0.803. The third-order valence-corrected chi connectivity index (χ3v) is 1.24. The van der Waals surface area contributed by atoms with E-state index in [1.807, 2.05) is 52.0 Å². The van der Waals surface area contributed by atoms with E-state index in [1.165, 1.54) is 12.8 Å². The van der Waals surface area contributed by atoms with Crippen LogP contribution in [0.3, 0.4) is 0 Å². The zero-order valence-corrected chi connectivity index (χ0v) is 11.4. The standard InChI is InChI=1S/C7H5NO.C3H8.2C2H6/c1-2-4-7-6(3-1)8-5-9-7;1-3-2;2*1-2/h1-5H;3H2,1-2H3;2*1-2H3. The molecule has 0 fully saturated rings. The predicted octanol–water partition coefficient (Wildman–Crippen LogP) is 5.30. The molecule has 0 saturated heterocycles. The lowest BCUT2D eigenvalue weighted by Crippen LogP contribution is -1.61. The quantitative estimate of drug-likeness (QED) is 0.606. The molecule has 1 aromatic carbocycles. The number of para-hydroxylation sites is 2. The fraction of sp³-hybridized carbons (Fsp3) is 0.500. The molecule has 1 aromatic heterocycles. The highest BCUT2D eigenvalue weighted by Gasteiger charge is 1.91. The summed E-state index contributed by atoms with van der Waals surface area (Å²) in [5, 5.41) is 0. The maximum Gasteiger partial charge on any atom is 0.181 e. The van der Waals surface area contributed by atoms with Crippen molar-refractivity contribution in [2.75, 3.05) is 0 Å². The van der Waals surface area contributed by atoms with Crippen molar-refractivity contribution in [1.29, 1.82) is 0 Å². The molecule has 0 bridgehead atoms. The van der Waals surface area contributed by atoms with Crippen molar-refractivity contribution in [2.24, 2.45) is 0 Å². The molecule has 2 rings (SSSR count). The average molecular weight is 223 g/mol. The third-order valence-electron chi connectivity index (χ3n) is 1.24. The van der Waals surface area contributed by atoms with E-state index < -0.39 is 0 Å². The van der Waals surface area contributed by atoms with Crippen LogP contribution < -0.4 is 0 Å². The van der Waals surface area contributed by atoms with E-state index in [1.54, 1.807) is 0 Å². The SMILES string of the molecule is CC.CC.CCC.c1ccc2ocnc2c1. The smallest absolute Gasteiger partial charge is 0.181 e. The summed E-state index contributed by atoms with van der Waals surface area (Å²) >= 11 is 0. The third kappa shape index (κ3) is 7.04. The van der Waals surface area contributed by atoms with E-state index in [4.69, 9.17) is 4.42 Å². The summed E-state index contributed by atoms with van der Waals surface area (Å²) in [7, 11) is 0. The first-order chi connectivity index (χ1) is 7.88. The van der Waals surface area contributed by atoms with Gasteiger partial charge in [-0.05, 0) is 12.1 Å². The van der Waals surface area contributed by atoms with Crippen LogP contribution >= 0.6 is 0 Å². The Bertz CT molecular complexity index is 298. The molecule has 2 nitrogen and oxygen atoms in total. The van der Waals surface area contributed by atoms with Gasteiger partial charge in [-0.2, -0.15) is 0 Å². The molecule has 16 heavy (non-hydrogen) atoms. The van der Waals surface area contributed by atoms with Crippen LogP contribution in [0, 0.1) is 0 Å². The van der Waals surface area contributed by atoms with Gasteiger partial charge >= 0.3 is 0 Å². The highest BCUT2D eigenvalue weighted by atomic mass is 16.3. The molecule has 0 aliphatic carbocycles. The summed E-state index contributed by atoms with van der Waals surface area (Å²) < 4.78 is 5.01. The molecule has 1 heterocycles. The minimum absolute atomic E-state index is 0.845. The monoisotopic (exact) mass is 223 g/mol. The Morgan fingerprint density at radius 3 is 2.00 bits per heavy atom. The topological polar surface area (TPSA) is 26.0 Å². The van der Waals surface area contributed by atoms with Crippen LogP contribution in [0.25, 0.3) is 11.1 Å². The second-order valence-corrected chi connectivity index (χ2v) is 2.53. The van der Waals surface area contributed by atoms with Gasteiger partial charge in [-0.25, -0.2) is 4.98 Å². The van der Waals surface area contributed by atoms with E-state index in [2.05, 4.69) is 18.8 Å². The van der Waals surface area contributed by atoms with Crippen molar-refractivity contribution < 1.29 is 4.42 Å². The van der Waals surface area contributed by atoms with Gasteiger partial charge in [-0.3, -0.25) is 0 Å². The van der Waals surface area contributed by atoms with Crippen LogP contribution in [0.5, 0.6) is 0 Å². The predicted molar refractivity (Wildman–Crippen MR) is 72.7 cm³/mol. The van der Waals surface area contributed by atoms with Gasteiger partial charge in [0.05, 0.1) is 0 Å². The minimum atomic E-state index is 0.845. The fourth-order valence-corrected chi connectivity index (χ4v) is 0.803. The first-order valence-electron chi connectivity index (χ1n) is 6.16. The Balaban J connectivity index is 0. The molecule has 0 radical (unpaired) electrons. The van der Waals surface area contributed by atoms with E-state index in [0.29, 0.717) is 0 Å². The number of rotatable bonds is 0. The van der Waals surface area contributed by atoms with E-state index in [9.17, 15) is 0 Å².